The third-order valence-electron chi connectivity index (χ3n) is 5.47. The Labute approximate surface area is 148 Å². The van der Waals surface area contributed by atoms with Gasteiger partial charge in [-0.3, -0.25) is 4.57 Å². The second-order valence-electron chi connectivity index (χ2n) is 7.59. The van der Waals surface area contributed by atoms with Crippen molar-refractivity contribution in [3.8, 4) is 0 Å². The van der Waals surface area contributed by atoms with E-state index in [1.165, 1.54) is 43.0 Å². The van der Waals surface area contributed by atoms with E-state index in [1.807, 2.05) is 0 Å². The highest BCUT2D eigenvalue weighted by molar-refractivity contribution is 6.72. The predicted octanol–water partition coefficient (Wildman–Crippen LogP) is 1.42. The minimum atomic E-state index is -1.82. The lowest BCUT2D eigenvalue weighted by Crippen LogP contribution is -2.41. The van der Waals surface area contributed by atoms with Gasteiger partial charge in [-0.05, 0) is 18.6 Å². The number of aliphatic hydroxyl groups is 1. The zero-order valence-electron chi connectivity index (χ0n) is 14.9. The molecule has 25 heavy (non-hydrogen) atoms. The van der Waals surface area contributed by atoms with Gasteiger partial charge in [0.25, 0.3) is 0 Å². The Hall–Kier alpha value is -1.29. The highest BCUT2D eigenvalue weighted by Gasteiger charge is 2.39. The summed E-state index contributed by atoms with van der Waals surface area (Å²) in [7, 11) is -1.82. The van der Waals surface area contributed by atoms with E-state index in [9.17, 15) is 9.90 Å². The number of nitrogens with two attached hydrogens (primary N) is 1. The molecule has 0 radical (unpaired) electrons. The van der Waals surface area contributed by atoms with Crippen molar-refractivity contribution in [2.75, 3.05) is 12.3 Å². The maximum atomic E-state index is 11.9. The van der Waals surface area contributed by atoms with Crippen LogP contribution in [0.1, 0.15) is 44.8 Å². The van der Waals surface area contributed by atoms with E-state index in [1.54, 1.807) is 0 Å². The zero-order valence-corrected chi connectivity index (χ0v) is 15.9. The van der Waals surface area contributed by atoms with Crippen LogP contribution in [0.15, 0.2) is 11.1 Å². The number of ether oxygens (including phenoxy) is 1. The Balaban J connectivity index is 1.59. The molecule has 3 atom stereocenters. The Morgan fingerprint density at radius 3 is 2.80 bits per heavy atom. The number of anilines is 1. The molecule has 3 rings (SSSR count). The van der Waals surface area contributed by atoms with Crippen LogP contribution in [0.5, 0.6) is 0 Å². The summed E-state index contributed by atoms with van der Waals surface area (Å²) in [6.07, 6.45) is 6.31. The van der Waals surface area contributed by atoms with Gasteiger partial charge in [0.05, 0.1) is 12.7 Å². The zero-order chi connectivity index (χ0) is 18.0. The summed E-state index contributed by atoms with van der Waals surface area (Å²) in [5.74, 6) is -0.0695. The van der Waals surface area contributed by atoms with Crippen molar-refractivity contribution in [3.63, 3.8) is 0 Å². The minimum absolute atomic E-state index is 0.0695. The van der Waals surface area contributed by atoms with Crippen molar-refractivity contribution in [2.45, 2.75) is 75.6 Å². The summed E-state index contributed by atoms with van der Waals surface area (Å²) in [6.45, 7) is 4.86. The van der Waals surface area contributed by atoms with Gasteiger partial charge in [-0.2, -0.15) is 4.98 Å². The lowest BCUT2D eigenvalue weighted by Gasteiger charge is -2.35. The summed E-state index contributed by atoms with van der Waals surface area (Å²) in [4.78, 5) is 19.3. The molecule has 0 aromatic carbocycles. The number of rotatable bonds is 5. The topological polar surface area (TPSA) is 112 Å². The van der Waals surface area contributed by atoms with Gasteiger partial charge >= 0.3 is 5.69 Å². The molecule has 0 amide bonds. The Morgan fingerprint density at radius 2 is 2.12 bits per heavy atom. The fraction of sp³-hybridized carbons (Fsp3) is 0.812. The van der Waals surface area contributed by atoms with Gasteiger partial charge in [-0.15, -0.1) is 0 Å². The highest BCUT2D eigenvalue weighted by atomic mass is 28.4. The van der Waals surface area contributed by atoms with Crippen molar-refractivity contribution in [1.29, 1.82) is 0 Å². The van der Waals surface area contributed by atoms with Crippen molar-refractivity contribution in [1.82, 2.24) is 14.5 Å². The Kier molecular flexibility index (Phi) is 5.57. The molecule has 2 fully saturated rings. The van der Waals surface area contributed by atoms with E-state index < -0.39 is 32.4 Å². The number of nitrogens with zero attached hydrogens (tertiary/aromatic N) is 3. The first-order chi connectivity index (χ1) is 11.9. The molecule has 2 heterocycles. The summed E-state index contributed by atoms with van der Waals surface area (Å²) >= 11 is 0. The quantitative estimate of drug-likeness (QED) is 0.756. The average Bonchev–Trinajstić information content (AvgIpc) is 2.94. The highest BCUT2D eigenvalue weighted by Crippen LogP contribution is 2.38. The second-order valence-corrected chi connectivity index (χ2v) is 11.9. The fourth-order valence-corrected chi connectivity index (χ4v) is 6.43. The van der Waals surface area contributed by atoms with Crippen LogP contribution in [-0.4, -0.2) is 46.8 Å². The second kappa shape index (κ2) is 7.53. The van der Waals surface area contributed by atoms with Crippen LogP contribution in [0.25, 0.3) is 0 Å². The standard InChI is InChI=1S/C16H28N4O4Si/c1-25(2,11-6-4-3-5-7-11)23-9-13-12(21)8-14(24-13)20-10-18-15(17)19-16(20)22/h10-14,21H,3-9H2,1-2H3,(H2,17,19,22)/t12-,13+,14+/m0/s1. The fourth-order valence-electron chi connectivity index (χ4n) is 3.80. The van der Waals surface area contributed by atoms with Crippen molar-refractivity contribution < 1.29 is 14.3 Å². The third kappa shape index (κ3) is 4.28. The Bertz CT molecular complexity index is 647. The summed E-state index contributed by atoms with van der Waals surface area (Å²) in [5, 5.41) is 10.3. The molecule has 9 heteroatoms. The molecule has 3 N–H and O–H groups in total. The predicted molar refractivity (Wildman–Crippen MR) is 95.5 cm³/mol. The number of hydrogen-bond acceptors (Lipinski definition) is 7. The minimum Gasteiger partial charge on any atom is -0.414 e. The van der Waals surface area contributed by atoms with Gasteiger partial charge in [0.15, 0.2) is 8.32 Å². The largest absolute Gasteiger partial charge is 0.414 e. The normalized spacial score (nSPS) is 28.4. The smallest absolute Gasteiger partial charge is 0.354 e. The monoisotopic (exact) mass is 368 g/mol. The van der Waals surface area contributed by atoms with Gasteiger partial charge < -0.3 is 20.0 Å². The summed E-state index contributed by atoms with van der Waals surface area (Å²) < 4.78 is 13.4. The maximum Gasteiger partial charge on any atom is 0.354 e. The lowest BCUT2D eigenvalue weighted by atomic mass is 10.0. The molecular weight excluding hydrogens is 340 g/mol. The maximum absolute atomic E-state index is 11.9. The van der Waals surface area contributed by atoms with Gasteiger partial charge in [0.1, 0.15) is 18.7 Å². The third-order valence-corrected chi connectivity index (χ3v) is 8.92. The van der Waals surface area contributed by atoms with Crippen molar-refractivity contribution in [2.24, 2.45) is 0 Å². The summed E-state index contributed by atoms with van der Waals surface area (Å²) in [6, 6.07) is 0. The van der Waals surface area contributed by atoms with Gasteiger partial charge in [-0.1, -0.05) is 32.1 Å². The van der Waals surface area contributed by atoms with E-state index in [4.69, 9.17) is 14.9 Å². The summed E-state index contributed by atoms with van der Waals surface area (Å²) in [5.41, 5.74) is 5.55. The molecule has 140 valence electrons. The molecular formula is C16H28N4O4Si. The molecule has 2 aliphatic rings. The molecule has 1 aromatic heterocycles. The number of aliphatic hydroxyl groups excluding tert-OH is 1. The Morgan fingerprint density at radius 1 is 1.40 bits per heavy atom. The molecule has 0 bridgehead atoms. The van der Waals surface area contributed by atoms with E-state index in [0.717, 1.165) is 0 Å². The van der Waals surface area contributed by atoms with Crippen LogP contribution in [0.2, 0.25) is 18.6 Å². The molecule has 1 aliphatic carbocycles. The van der Waals surface area contributed by atoms with Crippen molar-refractivity contribution in [3.05, 3.63) is 16.8 Å². The van der Waals surface area contributed by atoms with Gasteiger partial charge in [0, 0.05) is 6.42 Å². The first-order valence-electron chi connectivity index (χ1n) is 9.05. The lowest BCUT2D eigenvalue weighted by molar-refractivity contribution is -0.0433. The number of hydrogen-bond donors (Lipinski definition) is 2. The van der Waals surface area contributed by atoms with Crippen molar-refractivity contribution >= 4 is 14.3 Å². The first-order valence-corrected chi connectivity index (χ1v) is 12.0. The van der Waals surface area contributed by atoms with E-state index in [2.05, 4.69) is 23.1 Å². The van der Waals surface area contributed by atoms with Crippen LogP contribution >= 0.6 is 0 Å². The van der Waals surface area contributed by atoms with Crippen LogP contribution in [0, 0.1) is 0 Å². The van der Waals surface area contributed by atoms with Crippen LogP contribution < -0.4 is 11.4 Å². The molecule has 8 nitrogen and oxygen atoms in total. The van der Waals surface area contributed by atoms with E-state index in [0.29, 0.717) is 18.6 Å². The van der Waals surface area contributed by atoms with Crippen LogP contribution in [-0.2, 0) is 9.16 Å². The molecule has 1 aromatic rings. The average molecular weight is 369 g/mol. The van der Waals surface area contributed by atoms with Crippen LogP contribution in [0.4, 0.5) is 5.95 Å². The SMILES string of the molecule is C[Si](C)(OC[C@H]1O[C@@H](n2cnc(N)nc2=O)C[C@@H]1O)C1CCCCC1. The first kappa shape index (κ1) is 18.5. The van der Waals surface area contributed by atoms with Gasteiger partial charge in [-0.25, -0.2) is 9.78 Å². The van der Waals surface area contributed by atoms with E-state index >= 15 is 0 Å². The molecule has 1 aliphatic heterocycles. The molecule has 0 spiro atoms. The molecule has 1 saturated carbocycles. The van der Waals surface area contributed by atoms with Gasteiger partial charge in [0.2, 0.25) is 5.95 Å². The molecule has 1 saturated heterocycles. The number of aromatic nitrogens is 3. The number of nitrogen functional groups attached to an aromatic ring is 1. The van der Waals surface area contributed by atoms with E-state index in [-0.39, 0.29) is 5.95 Å². The molecule has 0 unspecified atom stereocenters. The van der Waals surface area contributed by atoms with Crippen LogP contribution in [0.3, 0.4) is 0 Å².